The topological polar surface area (TPSA) is 73.1 Å². The van der Waals surface area contributed by atoms with Crippen LogP contribution in [0.25, 0.3) is 0 Å². The van der Waals surface area contributed by atoms with E-state index in [9.17, 15) is 4.79 Å². The van der Waals surface area contributed by atoms with Gasteiger partial charge in [-0.25, -0.2) is 4.68 Å². The van der Waals surface area contributed by atoms with Gasteiger partial charge in [0.25, 0.3) is 0 Å². The van der Waals surface area contributed by atoms with Gasteiger partial charge in [-0.1, -0.05) is 19.1 Å². The number of hydrogen-bond acceptors (Lipinski definition) is 5. The maximum Gasteiger partial charge on any atom is 0.244 e. The fourth-order valence-electron chi connectivity index (χ4n) is 3.06. The first-order chi connectivity index (χ1) is 11.2. The number of aromatic nitrogens is 4. The van der Waals surface area contributed by atoms with Crippen molar-refractivity contribution >= 4 is 5.91 Å². The number of benzene rings is 1. The predicted octanol–water partition coefficient (Wildman–Crippen LogP) is 1.61. The highest BCUT2D eigenvalue weighted by Gasteiger charge is 2.30. The normalized spacial score (nSPS) is 17.5. The molecule has 2 aromatic rings. The van der Waals surface area contributed by atoms with Crippen molar-refractivity contribution < 1.29 is 9.53 Å². The number of amides is 1. The van der Waals surface area contributed by atoms with Gasteiger partial charge >= 0.3 is 0 Å². The zero-order valence-electron chi connectivity index (χ0n) is 13.5. The van der Waals surface area contributed by atoms with Crippen LogP contribution in [0.15, 0.2) is 24.3 Å². The Morgan fingerprint density at radius 1 is 1.35 bits per heavy atom. The molecule has 0 bridgehead atoms. The molecule has 0 unspecified atom stereocenters. The lowest BCUT2D eigenvalue weighted by Gasteiger charge is -2.25. The fraction of sp³-hybridized carbons (Fsp3) is 0.500. The van der Waals surface area contributed by atoms with Crippen LogP contribution >= 0.6 is 0 Å². The molecule has 1 fully saturated rings. The molecule has 23 heavy (non-hydrogen) atoms. The number of rotatable bonds is 5. The highest BCUT2D eigenvalue weighted by molar-refractivity contribution is 5.76. The summed E-state index contributed by atoms with van der Waals surface area (Å²) in [5, 5.41) is 11.5. The largest absolute Gasteiger partial charge is 0.497 e. The van der Waals surface area contributed by atoms with Gasteiger partial charge in [0.05, 0.1) is 13.2 Å². The molecule has 1 atom stereocenters. The van der Waals surface area contributed by atoms with Crippen LogP contribution in [-0.4, -0.2) is 44.7 Å². The molecule has 1 aromatic heterocycles. The molecule has 0 spiro atoms. The van der Waals surface area contributed by atoms with Crippen LogP contribution in [0.5, 0.6) is 5.75 Å². The highest BCUT2D eigenvalue weighted by Crippen LogP contribution is 2.32. The molecule has 1 aliphatic rings. The van der Waals surface area contributed by atoms with Crippen LogP contribution in [0, 0.1) is 0 Å². The average molecular weight is 315 g/mol. The molecule has 122 valence electrons. The molecule has 1 saturated heterocycles. The minimum atomic E-state index is 0.0605. The lowest BCUT2D eigenvalue weighted by Crippen LogP contribution is -2.34. The van der Waals surface area contributed by atoms with Crippen molar-refractivity contribution in [1.82, 2.24) is 25.1 Å². The molecule has 0 saturated carbocycles. The molecule has 1 amide bonds. The monoisotopic (exact) mass is 315 g/mol. The fourth-order valence-corrected chi connectivity index (χ4v) is 3.06. The predicted molar refractivity (Wildman–Crippen MR) is 83.9 cm³/mol. The number of carbonyl (C=O) groups excluding carboxylic acids is 1. The van der Waals surface area contributed by atoms with Gasteiger partial charge in [0, 0.05) is 13.0 Å². The standard InChI is InChI=1S/C16H21N5O2/c1-3-15-17-18-19-21(15)11-16(22)20-10-4-5-14(20)12-6-8-13(23-2)9-7-12/h6-9,14H,3-5,10-11H2,1-2H3/t14-/m0/s1. The summed E-state index contributed by atoms with van der Waals surface area (Å²) in [6.45, 7) is 2.95. The van der Waals surface area contributed by atoms with Gasteiger partial charge in [-0.2, -0.15) is 0 Å². The van der Waals surface area contributed by atoms with Crippen molar-refractivity contribution in [2.75, 3.05) is 13.7 Å². The van der Waals surface area contributed by atoms with E-state index in [0.29, 0.717) is 6.42 Å². The van der Waals surface area contributed by atoms with Crippen LogP contribution < -0.4 is 4.74 Å². The van der Waals surface area contributed by atoms with Gasteiger partial charge < -0.3 is 9.64 Å². The minimum Gasteiger partial charge on any atom is -0.497 e. The van der Waals surface area contributed by atoms with Gasteiger partial charge in [0.15, 0.2) is 5.82 Å². The second-order valence-electron chi connectivity index (χ2n) is 5.62. The molecular weight excluding hydrogens is 294 g/mol. The number of hydrogen-bond donors (Lipinski definition) is 0. The van der Waals surface area contributed by atoms with Crippen molar-refractivity contribution in [2.45, 2.75) is 38.8 Å². The molecule has 0 radical (unpaired) electrons. The smallest absolute Gasteiger partial charge is 0.244 e. The molecule has 1 aromatic carbocycles. The Bertz CT molecular complexity index is 667. The van der Waals surface area contributed by atoms with E-state index in [1.54, 1.807) is 11.8 Å². The zero-order chi connectivity index (χ0) is 16.2. The van der Waals surface area contributed by atoms with Crippen LogP contribution in [0.2, 0.25) is 0 Å². The van der Waals surface area contributed by atoms with Crippen LogP contribution in [-0.2, 0) is 17.8 Å². The lowest BCUT2D eigenvalue weighted by atomic mass is 10.0. The molecule has 3 rings (SSSR count). The number of aryl methyl sites for hydroxylation is 1. The molecule has 2 heterocycles. The molecule has 0 aliphatic carbocycles. The average Bonchev–Trinajstić information content (AvgIpc) is 3.23. The van der Waals surface area contributed by atoms with E-state index in [0.717, 1.165) is 36.5 Å². The summed E-state index contributed by atoms with van der Waals surface area (Å²) in [7, 11) is 1.65. The SMILES string of the molecule is CCc1nnnn1CC(=O)N1CCC[C@H]1c1ccc(OC)cc1. The van der Waals surface area contributed by atoms with E-state index < -0.39 is 0 Å². The Morgan fingerprint density at radius 2 is 2.13 bits per heavy atom. The summed E-state index contributed by atoms with van der Waals surface area (Å²) in [5.41, 5.74) is 1.14. The van der Waals surface area contributed by atoms with Crippen LogP contribution in [0.1, 0.15) is 37.2 Å². The highest BCUT2D eigenvalue weighted by atomic mass is 16.5. The van der Waals surface area contributed by atoms with Crippen LogP contribution in [0.3, 0.4) is 0 Å². The Hall–Kier alpha value is -2.44. The molecule has 7 heteroatoms. The Labute approximate surface area is 135 Å². The first-order valence-corrected chi connectivity index (χ1v) is 7.91. The Balaban J connectivity index is 1.74. The molecule has 0 N–H and O–H groups in total. The zero-order valence-corrected chi connectivity index (χ0v) is 13.5. The van der Waals surface area contributed by atoms with Gasteiger partial charge in [-0.3, -0.25) is 4.79 Å². The third-order valence-electron chi connectivity index (χ3n) is 4.28. The summed E-state index contributed by atoms with van der Waals surface area (Å²) >= 11 is 0. The number of ether oxygens (including phenoxy) is 1. The van der Waals surface area contributed by atoms with E-state index in [2.05, 4.69) is 15.5 Å². The summed E-state index contributed by atoms with van der Waals surface area (Å²) in [6, 6.07) is 8.06. The summed E-state index contributed by atoms with van der Waals surface area (Å²) in [6.07, 6.45) is 2.70. The summed E-state index contributed by atoms with van der Waals surface area (Å²) in [4.78, 5) is 14.6. The third kappa shape index (κ3) is 3.18. The Kier molecular flexibility index (Phi) is 4.55. The molecular formula is C16H21N5O2. The Morgan fingerprint density at radius 3 is 2.83 bits per heavy atom. The van der Waals surface area contributed by atoms with Crippen molar-refractivity contribution in [1.29, 1.82) is 0 Å². The third-order valence-corrected chi connectivity index (χ3v) is 4.28. The lowest BCUT2D eigenvalue weighted by molar-refractivity contribution is -0.133. The number of methoxy groups -OCH3 is 1. The van der Waals surface area contributed by atoms with Crippen molar-refractivity contribution in [2.24, 2.45) is 0 Å². The van der Waals surface area contributed by atoms with Crippen molar-refractivity contribution in [3.63, 3.8) is 0 Å². The summed E-state index contributed by atoms with van der Waals surface area (Å²) in [5.74, 6) is 1.62. The number of carbonyl (C=O) groups is 1. The van der Waals surface area contributed by atoms with E-state index in [1.165, 1.54) is 0 Å². The van der Waals surface area contributed by atoms with Gasteiger partial charge in [-0.05, 0) is 41.0 Å². The number of nitrogens with zero attached hydrogens (tertiary/aromatic N) is 5. The maximum atomic E-state index is 12.7. The van der Waals surface area contributed by atoms with Crippen molar-refractivity contribution in [3.05, 3.63) is 35.7 Å². The minimum absolute atomic E-state index is 0.0605. The number of tetrazole rings is 1. The molecule has 1 aliphatic heterocycles. The van der Waals surface area contributed by atoms with E-state index in [1.807, 2.05) is 36.1 Å². The molecule has 7 nitrogen and oxygen atoms in total. The van der Waals surface area contributed by atoms with Gasteiger partial charge in [0.2, 0.25) is 5.91 Å². The second kappa shape index (κ2) is 6.76. The van der Waals surface area contributed by atoms with E-state index in [4.69, 9.17) is 4.74 Å². The second-order valence-corrected chi connectivity index (χ2v) is 5.62. The van der Waals surface area contributed by atoms with Gasteiger partial charge in [0.1, 0.15) is 12.3 Å². The van der Waals surface area contributed by atoms with Crippen LogP contribution in [0.4, 0.5) is 0 Å². The van der Waals surface area contributed by atoms with Gasteiger partial charge in [-0.15, -0.1) is 5.10 Å². The number of likely N-dealkylation sites (tertiary alicyclic amines) is 1. The van der Waals surface area contributed by atoms with E-state index in [-0.39, 0.29) is 18.5 Å². The first-order valence-electron chi connectivity index (χ1n) is 7.91. The first kappa shape index (κ1) is 15.5. The maximum absolute atomic E-state index is 12.7. The van der Waals surface area contributed by atoms with E-state index >= 15 is 0 Å². The summed E-state index contributed by atoms with van der Waals surface area (Å²) < 4.78 is 6.78. The quantitative estimate of drug-likeness (QED) is 0.838. The van der Waals surface area contributed by atoms with Crippen molar-refractivity contribution in [3.8, 4) is 5.75 Å².